The van der Waals surface area contributed by atoms with Crippen LogP contribution in [0.3, 0.4) is 0 Å². The Morgan fingerprint density at radius 2 is 1.89 bits per heavy atom. The van der Waals surface area contributed by atoms with Crippen LogP contribution in [0.4, 0.5) is 0 Å². The number of nitrogens with zero attached hydrogens (tertiary/aromatic N) is 1. The van der Waals surface area contributed by atoms with Crippen LogP contribution in [-0.4, -0.2) is 106 Å². The molecule has 8 fully saturated rings. The summed E-state index contributed by atoms with van der Waals surface area (Å²) < 4.78 is 31.4. The fraction of sp³-hybridized carbons (Fsp3) is 0.780. The number of furan rings is 1. The SMILES string of the molecule is CC1(C)OC2CC(=O)OCC23C1C(=O)C(O)C1(C)C3CCC2(C)C(c3ccoc3CC(C(O)CO)C3CCC4C(C=CN5CNCC45)C3)OC(=O)C3OC321. The quantitative estimate of drug-likeness (QED) is 0.246. The second-order valence-corrected chi connectivity index (χ2v) is 19.1. The van der Waals surface area contributed by atoms with E-state index in [0.717, 1.165) is 32.5 Å². The van der Waals surface area contributed by atoms with E-state index in [4.69, 9.17) is 23.4 Å². The Morgan fingerprint density at radius 1 is 1.07 bits per heavy atom. The molecule has 0 radical (unpaired) electrons. The first-order valence-corrected chi connectivity index (χ1v) is 20.2. The van der Waals surface area contributed by atoms with Gasteiger partial charge in [0.05, 0.1) is 49.7 Å². The van der Waals surface area contributed by atoms with E-state index in [1.807, 2.05) is 33.8 Å². The monoisotopic (exact) mass is 750 g/mol. The summed E-state index contributed by atoms with van der Waals surface area (Å²) in [6, 6.07) is 2.31. The van der Waals surface area contributed by atoms with Crippen LogP contribution in [0.15, 0.2) is 29.0 Å². The summed E-state index contributed by atoms with van der Waals surface area (Å²) in [5, 5.41) is 37.5. The minimum atomic E-state index is -1.46. The van der Waals surface area contributed by atoms with Crippen molar-refractivity contribution in [2.45, 2.75) is 120 Å². The molecule has 4 N–H and O–H groups in total. The van der Waals surface area contributed by atoms with E-state index in [-0.39, 0.29) is 49.1 Å². The fourth-order valence-corrected chi connectivity index (χ4v) is 14.5. The number of carbonyl (C=O) groups is 3. The molecular formula is C41H54N2O11. The number of allylic oxidation sites excluding steroid dienone is 1. The second-order valence-electron chi connectivity index (χ2n) is 19.1. The highest BCUT2D eigenvalue weighted by atomic mass is 16.7. The van der Waals surface area contributed by atoms with Gasteiger partial charge in [0.15, 0.2) is 11.9 Å². The Hall–Kier alpha value is -2.81. The molecular weight excluding hydrogens is 696 g/mol. The summed E-state index contributed by atoms with van der Waals surface area (Å²) in [6.45, 7) is 9.11. The molecule has 0 amide bonds. The molecule has 13 heteroatoms. The molecule has 7 heterocycles. The van der Waals surface area contributed by atoms with Gasteiger partial charge in [-0.15, -0.1) is 0 Å². The zero-order chi connectivity index (χ0) is 37.7. The molecule has 3 saturated carbocycles. The van der Waals surface area contributed by atoms with Crippen LogP contribution in [0.1, 0.15) is 83.6 Å². The van der Waals surface area contributed by atoms with E-state index in [9.17, 15) is 29.7 Å². The summed E-state index contributed by atoms with van der Waals surface area (Å²) in [5.41, 5.74) is -4.53. The van der Waals surface area contributed by atoms with Crippen molar-refractivity contribution in [1.82, 2.24) is 10.2 Å². The number of epoxide rings is 1. The van der Waals surface area contributed by atoms with Crippen LogP contribution in [0.5, 0.6) is 0 Å². The van der Waals surface area contributed by atoms with E-state index < -0.39 is 69.9 Å². The number of cyclic esters (lactones) is 2. The first kappa shape index (κ1) is 35.6. The minimum Gasteiger partial charge on any atom is -0.469 e. The standard InChI is InChI=1S/C41H54N2O11/c1-37(2)32-31(47)33(48)39(4)28(40(32)18-51-30(46)15-29(40)53-37)7-10-38(3)34(52-36(49)35-41(38,39)54-35)23-9-12-50-27(23)14-24(26(45)17-44)20-5-6-22-21(13-20)8-11-43-19-42-16-25(22)43/h8-9,11-12,20-22,24-26,28-29,32-35,42,44-45,48H,5-7,10,13-19H2,1-4H3. The Kier molecular flexibility index (Phi) is 7.67. The van der Waals surface area contributed by atoms with Gasteiger partial charge in [0.1, 0.15) is 30.2 Å². The predicted molar refractivity (Wildman–Crippen MR) is 188 cm³/mol. The van der Waals surface area contributed by atoms with Crippen LogP contribution >= 0.6 is 0 Å². The van der Waals surface area contributed by atoms with E-state index >= 15 is 0 Å². The highest BCUT2D eigenvalue weighted by Crippen LogP contribution is 2.80. The second kappa shape index (κ2) is 11.6. The summed E-state index contributed by atoms with van der Waals surface area (Å²) in [6.07, 6.45) is 5.64. The molecule has 16 unspecified atom stereocenters. The molecule has 0 aromatic carbocycles. The number of ether oxygens (including phenoxy) is 4. The van der Waals surface area contributed by atoms with Crippen molar-refractivity contribution in [3.8, 4) is 0 Å². The molecule has 10 rings (SSSR count). The van der Waals surface area contributed by atoms with E-state index in [2.05, 4.69) is 22.5 Å². The lowest BCUT2D eigenvalue weighted by Crippen LogP contribution is -2.76. The number of aliphatic hydroxyl groups excluding tert-OH is 3. The molecule has 13 nitrogen and oxygen atoms in total. The number of hydrogen-bond donors (Lipinski definition) is 4. The Bertz CT molecular complexity index is 1790. The lowest BCUT2D eigenvalue weighted by atomic mass is 9.36. The van der Waals surface area contributed by atoms with E-state index in [1.54, 1.807) is 6.26 Å². The number of esters is 2. The summed E-state index contributed by atoms with van der Waals surface area (Å²) in [5.74, 6) is -0.993. The number of nitrogens with one attached hydrogen (secondary N) is 1. The van der Waals surface area contributed by atoms with Crippen LogP contribution in [0, 0.1) is 51.8 Å². The third-order valence-electron chi connectivity index (χ3n) is 16.7. The topological polar surface area (TPSA) is 181 Å². The minimum absolute atomic E-state index is 0.00344. The number of Topliss-reactive ketones (excluding diaryl/α,β-unsaturated/α-hetero) is 1. The molecule has 1 aromatic heterocycles. The number of fused-ring (bicyclic) bond motifs is 4. The van der Waals surface area contributed by atoms with Crippen molar-refractivity contribution >= 4 is 17.7 Å². The van der Waals surface area contributed by atoms with Crippen LogP contribution < -0.4 is 5.32 Å². The maximum Gasteiger partial charge on any atom is 0.339 e. The molecule has 54 heavy (non-hydrogen) atoms. The smallest absolute Gasteiger partial charge is 0.339 e. The van der Waals surface area contributed by atoms with Gasteiger partial charge in [0, 0.05) is 40.8 Å². The van der Waals surface area contributed by atoms with Crippen molar-refractivity contribution in [2.75, 3.05) is 26.4 Å². The zero-order valence-corrected chi connectivity index (χ0v) is 31.6. The predicted octanol–water partition coefficient (Wildman–Crippen LogP) is 2.41. The Morgan fingerprint density at radius 3 is 2.69 bits per heavy atom. The first-order valence-electron chi connectivity index (χ1n) is 20.2. The summed E-state index contributed by atoms with van der Waals surface area (Å²) in [7, 11) is 0. The maximum atomic E-state index is 14.6. The van der Waals surface area contributed by atoms with Crippen molar-refractivity contribution in [3.05, 3.63) is 35.9 Å². The Labute approximate surface area is 315 Å². The van der Waals surface area contributed by atoms with E-state index in [0.29, 0.717) is 48.5 Å². The third-order valence-corrected chi connectivity index (χ3v) is 16.7. The van der Waals surface area contributed by atoms with Crippen LogP contribution in [0.2, 0.25) is 0 Å². The van der Waals surface area contributed by atoms with Gasteiger partial charge >= 0.3 is 11.9 Å². The van der Waals surface area contributed by atoms with E-state index in [1.165, 1.54) is 0 Å². The third kappa shape index (κ3) is 4.29. The Balaban J connectivity index is 0.991. The molecule has 1 aromatic rings. The van der Waals surface area contributed by atoms with Crippen LogP contribution in [0.25, 0.3) is 0 Å². The van der Waals surface area contributed by atoms with Crippen molar-refractivity contribution < 1.29 is 53.1 Å². The number of hydrogen-bond acceptors (Lipinski definition) is 13. The molecule has 9 aliphatic rings. The maximum absolute atomic E-state index is 14.6. The number of ketones is 1. The molecule has 6 aliphatic heterocycles. The fourth-order valence-electron chi connectivity index (χ4n) is 14.5. The summed E-state index contributed by atoms with van der Waals surface area (Å²) in [4.78, 5) is 43.6. The number of aliphatic hydroxyl groups is 3. The van der Waals surface area contributed by atoms with Gasteiger partial charge in [-0.25, -0.2) is 4.79 Å². The van der Waals surface area contributed by atoms with Gasteiger partial charge in [-0.1, -0.05) is 19.9 Å². The van der Waals surface area contributed by atoms with Crippen molar-refractivity contribution in [3.63, 3.8) is 0 Å². The van der Waals surface area contributed by atoms with Gasteiger partial charge in [-0.05, 0) is 87.8 Å². The molecule has 0 bridgehead atoms. The lowest BCUT2D eigenvalue weighted by Gasteiger charge is -2.66. The lowest BCUT2D eigenvalue weighted by molar-refractivity contribution is -0.252. The molecule has 3 aliphatic carbocycles. The largest absolute Gasteiger partial charge is 0.469 e. The highest BCUT2D eigenvalue weighted by molar-refractivity contribution is 5.92. The first-order chi connectivity index (χ1) is 25.7. The highest BCUT2D eigenvalue weighted by Gasteiger charge is 2.90. The zero-order valence-electron chi connectivity index (χ0n) is 31.6. The van der Waals surface area contributed by atoms with Crippen molar-refractivity contribution in [1.29, 1.82) is 0 Å². The van der Waals surface area contributed by atoms with Gasteiger partial charge in [-0.2, -0.15) is 0 Å². The number of rotatable bonds is 6. The molecule has 2 spiro atoms. The molecule has 16 atom stereocenters. The number of carbonyl (C=O) groups excluding carboxylic acids is 3. The van der Waals surface area contributed by atoms with Gasteiger partial charge in [0.2, 0.25) is 0 Å². The molecule has 294 valence electrons. The summed E-state index contributed by atoms with van der Waals surface area (Å²) >= 11 is 0. The van der Waals surface area contributed by atoms with Gasteiger partial charge in [-0.3, -0.25) is 14.9 Å². The van der Waals surface area contributed by atoms with Crippen LogP contribution in [-0.2, 0) is 39.8 Å². The average molecular weight is 751 g/mol. The molecule has 5 saturated heterocycles. The van der Waals surface area contributed by atoms with Gasteiger partial charge < -0.3 is 43.6 Å². The normalized spacial score (nSPS) is 49.2. The van der Waals surface area contributed by atoms with Gasteiger partial charge in [0.25, 0.3) is 0 Å². The van der Waals surface area contributed by atoms with Crippen molar-refractivity contribution in [2.24, 2.45) is 51.8 Å². The average Bonchev–Trinajstić information content (AvgIpc) is 3.38.